The molecular formula is C22H23N3O5. The highest BCUT2D eigenvalue weighted by atomic mass is 16.6. The average Bonchev–Trinajstić information content (AvgIpc) is 3.03. The molecule has 0 spiro atoms. The van der Waals surface area contributed by atoms with Gasteiger partial charge in [-0.2, -0.15) is 0 Å². The normalized spacial score (nSPS) is 22.6. The van der Waals surface area contributed by atoms with E-state index in [9.17, 15) is 14.4 Å². The fourth-order valence-corrected chi connectivity index (χ4v) is 3.72. The van der Waals surface area contributed by atoms with Crippen LogP contribution in [-0.2, 0) is 15.1 Å². The monoisotopic (exact) mass is 409 g/mol. The quantitative estimate of drug-likeness (QED) is 0.709. The molecule has 156 valence electrons. The Morgan fingerprint density at radius 1 is 1.13 bits per heavy atom. The molecule has 0 saturated carbocycles. The van der Waals surface area contributed by atoms with Gasteiger partial charge >= 0.3 is 6.03 Å². The summed E-state index contributed by atoms with van der Waals surface area (Å²) >= 11 is 0. The third-order valence-corrected chi connectivity index (χ3v) is 5.37. The Labute approximate surface area is 174 Å². The lowest BCUT2D eigenvalue weighted by atomic mass is 9.87. The van der Waals surface area contributed by atoms with E-state index in [0.717, 1.165) is 4.90 Å². The summed E-state index contributed by atoms with van der Waals surface area (Å²) in [6.45, 7) is 1.97. The first kappa shape index (κ1) is 19.8. The van der Waals surface area contributed by atoms with E-state index in [2.05, 4.69) is 10.6 Å². The SMILES string of the molecule is CC[C@@]1(c2ccccc2)NC(=O)N(CC(=O)NC[C@@H]2COc3ccccc3O2)C1=O. The van der Waals surface area contributed by atoms with Gasteiger partial charge < -0.3 is 20.1 Å². The van der Waals surface area contributed by atoms with Gasteiger partial charge in [-0.05, 0) is 24.1 Å². The Kier molecular flexibility index (Phi) is 5.31. The Morgan fingerprint density at radius 3 is 2.57 bits per heavy atom. The number of hydrogen-bond acceptors (Lipinski definition) is 5. The molecule has 2 aliphatic rings. The minimum Gasteiger partial charge on any atom is -0.486 e. The van der Waals surface area contributed by atoms with Crippen molar-refractivity contribution in [1.82, 2.24) is 15.5 Å². The molecule has 2 aromatic carbocycles. The molecule has 8 nitrogen and oxygen atoms in total. The fourth-order valence-electron chi connectivity index (χ4n) is 3.72. The third-order valence-electron chi connectivity index (χ3n) is 5.37. The molecule has 0 radical (unpaired) electrons. The number of fused-ring (bicyclic) bond motifs is 1. The number of benzene rings is 2. The number of para-hydroxylation sites is 2. The van der Waals surface area contributed by atoms with Crippen molar-refractivity contribution < 1.29 is 23.9 Å². The molecule has 1 saturated heterocycles. The van der Waals surface area contributed by atoms with Gasteiger partial charge in [0.25, 0.3) is 5.91 Å². The molecule has 2 atom stereocenters. The molecular weight excluding hydrogens is 386 g/mol. The molecule has 0 bridgehead atoms. The average molecular weight is 409 g/mol. The molecule has 2 N–H and O–H groups in total. The number of nitrogens with one attached hydrogen (secondary N) is 2. The minimum atomic E-state index is -1.15. The topological polar surface area (TPSA) is 97.0 Å². The first-order chi connectivity index (χ1) is 14.5. The number of rotatable bonds is 6. The van der Waals surface area contributed by atoms with Gasteiger partial charge in [0.2, 0.25) is 5.91 Å². The van der Waals surface area contributed by atoms with Crippen LogP contribution in [0.5, 0.6) is 11.5 Å². The van der Waals surface area contributed by atoms with Gasteiger partial charge in [0.1, 0.15) is 24.8 Å². The first-order valence-corrected chi connectivity index (χ1v) is 9.88. The van der Waals surface area contributed by atoms with Crippen LogP contribution in [0.2, 0.25) is 0 Å². The van der Waals surface area contributed by atoms with E-state index in [1.54, 1.807) is 18.2 Å². The van der Waals surface area contributed by atoms with Crippen LogP contribution in [0.15, 0.2) is 54.6 Å². The molecule has 1 fully saturated rings. The number of ether oxygens (including phenoxy) is 2. The molecule has 0 unspecified atom stereocenters. The summed E-state index contributed by atoms with van der Waals surface area (Å²) in [6.07, 6.45) is 0.0258. The highest BCUT2D eigenvalue weighted by Crippen LogP contribution is 2.32. The zero-order chi connectivity index (χ0) is 21.1. The third kappa shape index (κ3) is 3.56. The van der Waals surface area contributed by atoms with E-state index in [0.29, 0.717) is 30.1 Å². The predicted octanol–water partition coefficient (Wildman–Crippen LogP) is 1.80. The van der Waals surface area contributed by atoms with Gasteiger partial charge in [-0.25, -0.2) is 4.79 Å². The second-order valence-corrected chi connectivity index (χ2v) is 7.25. The van der Waals surface area contributed by atoms with Gasteiger partial charge in [0, 0.05) is 0 Å². The standard InChI is InChI=1S/C22H23N3O5/c1-2-22(15-8-4-3-5-9-15)20(27)25(21(28)24-22)13-19(26)23-12-16-14-29-17-10-6-7-11-18(17)30-16/h3-11,16H,2,12-14H2,1H3,(H,23,26)(H,24,28)/t16-,22+/m1/s1. The number of carbonyl (C=O) groups excluding carboxylic acids is 3. The zero-order valence-corrected chi connectivity index (χ0v) is 16.6. The summed E-state index contributed by atoms with van der Waals surface area (Å²) in [5.41, 5.74) is -0.456. The van der Waals surface area contributed by atoms with Crippen LogP contribution in [0.1, 0.15) is 18.9 Å². The van der Waals surface area contributed by atoms with Crippen molar-refractivity contribution in [2.75, 3.05) is 19.7 Å². The predicted molar refractivity (Wildman–Crippen MR) is 108 cm³/mol. The molecule has 0 aliphatic carbocycles. The van der Waals surface area contributed by atoms with E-state index in [-0.39, 0.29) is 19.2 Å². The van der Waals surface area contributed by atoms with E-state index in [1.807, 2.05) is 43.3 Å². The number of amides is 4. The van der Waals surface area contributed by atoms with Crippen LogP contribution in [0.25, 0.3) is 0 Å². The number of urea groups is 1. The lowest BCUT2D eigenvalue weighted by Crippen LogP contribution is -2.46. The highest BCUT2D eigenvalue weighted by molar-refractivity contribution is 6.09. The van der Waals surface area contributed by atoms with Gasteiger partial charge in [0.05, 0.1) is 6.54 Å². The van der Waals surface area contributed by atoms with Crippen molar-refractivity contribution in [3.63, 3.8) is 0 Å². The molecule has 4 amide bonds. The molecule has 2 heterocycles. The summed E-state index contributed by atoms with van der Waals surface area (Å²) in [4.78, 5) is 38.9. The molecule has 0 aromatic heterocycles. The Morgan fingerprint density at radius 2 is 1.83 bits per heavy atom. The summed E-state index contributed by atoms with van der Waals surface area (Å²) < 4.78 is 11.4. The lowest BCUT2D eigenvalue weighted by molar-refractivity contribution is -0.135. The maximum atomic E-state index is 13.1. The molecule has 2 aliphatic heterocycles. The van der Waals surface area contributed by atoms with Crippen molar-refractivity contribution in [2.24, 2.45) is 0 Å². The lowest BCUT2D eigenvalue weighted by Gasteiger charge is -2.27. The smallest absolute Gasteiger partial charge is 0.325 e. The van der Waals surface area contributed by atoms with Crippen LogP contribution >= 0.6 is 0 Å². The van der Waals surface area contributed by atoms with Crippen molar-refractivity contribution in [3.8, 4) is 11.5 Å². The summed E-state index contributed by atoms with van der Waals surface area (Å²) in [7, 11) is 0. The molecule has 8 heteroatoms. The molecule has 30 heavy (non-hydrogen) atoms. The second kappa shape index (κ2) is 8.06. The molecule has 2 aromatic rings. The number of imide groups is 1. The van der Waals surface area contributed by atoms with Crippen LogP contribution in [0, 0.1) is 0 Å². The largest absolute Gasteiger partial charge is 0.486 e. The van der Waals surface area contributed by atoms with E-state index in [1.165, 1.54) is 0 Å². The van der Waals surface area contributed by atoms with Crippen molar-refractivity contribution in [1.29, 1.82) is 0 Å². The van der Waals surface area contributed by atoms with Gasteiger partial charge in [-0.1, -0.05) is 49.4 Å². The Hall–Kier alpha value is -3.55. The molecule has 4 rings (SSSR count). The Bertz CT molecular complexity index is 964. The first-order valence-electron chi connectivity index (χ1n) is 9.88. The highest BCUT2D eigenvalue weighted by Gasteiger charge is 2.51. The number of hydrogen-bond donors (Lipinski definition) is 2. The van der Waals surface area contributed by atoms with Crippen LogP contribution in [0.4, 0.5) is 4.79 Å². The van der Waals surface area contributed by atoms with Crippen LogP contribution < -0.4 is 20.1 Å². The van der Waals surface area contributed by atoms with Crippen LogP contribution in [-0.4, -0.2) is 48.5 Å². The number of carbonyl (C=O) groups is 3. The number of nitrogens with zero attached hydrogens (tertiary/aromatic N) is 1. The summed E-state index contributed by atoms with van der Waals surface area (Å²) in [5.74, 6) is 0.410. The van der Waals surface area contributed by atoms with Crippen molar-refractivity contribution >= 4 is 17.8 Å². The van der Waals surface area contributed by atoms with E-state index < -0.39 is 23.4 Å². The fraction of sp³-hybridized carbons (Fsp3) is 0.318. The second-order valence-electron chi connectivity index (χ2n) is 7.25. The van der Waals surface area contributed by atoms with Gasteiger partial charge in [0.15, 0.2) is 11.5 Å². The Balaban J connectivity index is 1.37. The van der Waals surface area contributed by atoms with E-state index in [4.69, 9.17) is 9.47 Å². The van der Waals surface area contributed by atoms with E-state index >= 15 is 0 Å². The summed E-state index contributed by atoms with van der Waals surface area (Å²) in [5, 5.41) is 5.49. The van der Waals surface area contributed by atoms with Crippen molar-refractivity contribution in [3.05, 3.63) is 60.2 Å². The zero-order valence-electron chi connectivity index (χ0n) is 16.6. The van der Waals surface area contributed by atoms with Gasteiger partial charge in [-0.15, -0.1) is 0 Å². The summed E-state index contributed by atoms with van der Waals surface area (Å²) in [6, 6.07) is 15.8. The van der Waals surface area contributed by atoms with Gasteiger partial charge in [-0.3, -0.25) is 14.5 Å². The minimum absolute atomic E-state index is 0.203. The maximum Gasteiger partial charge on any atom is 0.325 e. The van der Waals surface area contributed by atoms with Crippen molar-refractivity contribution in [2.45, 2.75) is 25.0 Å². The van der Waals surface area contributed by atoms with Crippen LogP contribution in [0.3, 0.4) is 0 Å². The maximum absolute atomic E-state index is 13.1.